The topological polar surface area (TPSA) is 62.3 Å². The number of aromatic nitrogens is 1. The van der Waals surface area contributed by atoms with E-state index >= 15 is 0 Å². The fraction of sp³-hybridized carbons (Fsp3) is 0.211. The third-order valence-corrected chi connectivity index (χ3v) is 4.50. The molecule has 0 fully saturated rings. The fourth-order valence-electron chi connectivity index (χ4n) is 2.72. The summed E-state index contributed by atoms with van der Waals surface area (Å²) < 4.78 is 0. The lowest BCUT2D eigenvalue weighted by Crippen LogP contribution is -2.38. The van der Waals surface area contributed by atoms with E-state index in [4.69, 9.17) is 0 Å². The third-order valence-electron chi connectivity index (χ3n) is 3.81. The molecular formula is C19H19N3O2S. The number of hydrogen-bond acceptors (Lipinski definition) is 4. The number of thiazole rings is 1. The zero-order valence-electron chi connectivity index (χ0n) is 13.9. The third kappa shape index (κ3) is 4.03. The molecule has 3 aromatic rings. The molecule has 25 heavy (non-hydrogen) atoms. The van der Waals surface area contributed by atoms with Crippen LogP contribution in [0.3, 0.4) is 0 Å². The van der Waals surface area contributed by atoms with E-state index in [0.717, 1.165) is 17.2 Å². The Morgan fingerprint density at radius 2 is 1.96 bits per heavy atom. The number of carbonyl (C=O) groups is 2. The first-order valence-electron chi connectivity index (χ1n) is 8.15. The minimum atomic E-state index is -0.239. The zero-order chi connectivity index (χ0) is 17.6. The molecule has 2 amide bonds. The molecule has 0 aliphatic rings. The summed E-state index contributed by atoms with van der Waals surface area (Å²) in [5.41, 5.74) is 0.619. The van der Waals surface area contributed by atoms with Crippen LogP contribution in [0.2, 0.25) is 0 Å². The summed E-state index contributed by atoms with van der Waals surface area (Å²) >= 11 is 1.35. The van der Waals surface area contributed by atoms with Crippen molar-refractivity contribution in [3.63, 3.8) is 0 Å². The van der Waals surface area contributed by atoms with E-state index in [1.54, 1.807) is 16.5 Å². The molecule has 0 bridgehead atoms. The lowest BCUT2D eigenvalue weighted by molar-refractivity contribution is -0.116. The molecule has 0 saturated carbocycles. The zero-order valence-corrected chi connectivity index (χ0v) is 14.8. The van der Waals surface area contributed by atoms with E-state index in [1.165, 1.54) is 11.3 Å². The first kappa shape index (κ1) is 17.1. The van der Waals surface area contributed by atoms with Gasteiger partial charge in [0.15, 0.2) is 5.13 Å². The van der Waals surface area contributed by atoms with Crippen LogP contribution in [0.25, 0.3) is 10.8 Å². The standard InChI is InChI=1S/C19H19N3O2S/c1-2-11-22(13-17(23)21-19-20-10-12-25-19)18(24)16-9-5-7-14-6-3-4-8-15(14)16/h3-10,12H,2,11,13H2,1H3,(H,20,21,23). The molecule has 1 heterocycles. The summed E-state index contributed by atoms with van der Waals surface area (Å²) in [6.45, 7) is 2.52. The van der Waals surface area contributed by atoms with Crippen LogP contribution in [0.15, 0.2) is 54.0 Å². The summed E-state index contributed by atoms with van der Waals surface area (Å²) in [6.07, 6.45) is 2.41. The molecule has 1 aromatic heterocycles. The second-order valence-electron chi connectivity index (χ2n) is 5.64. The highest BCUT2D eigenvalue weighted by Gasteiger charge is 2.20. The van der Waals surface area contributed by atoms with Crippen molar-refractivity contribution in [1.29, 1.82) is 0 Å². The number of nitrogens with zero attached hydrogens (tertiary/aromatic N) is 2. The van der Waals surface area contributed by atoms with Gasteiger partial charge < -0.3 is 10.2 Å². The van der Waals surface area contributed by atoms with Crippen molar-refractivity contribution in [3.8, 4) is 0 Å². The molecule has 3 rings (SSSR count). The number of benzene rings is 2. The number of amides is 2. The van der Waals surface area contributed by atoms with Crippen molar-refractivity contribution in [2.75, 3.05) is 18.4 Å². The monoisotopic (exact) mass is 353 g/mol. The van der Waals surface area contributed by atoms with Gasteiger partial charge in [0.1, 0.15) is 6.54 Å². The predicted molar refractivity (Wildman–Crippen MR) is 101 cm³/mol. The van der Waals surface area contributed by atoms with Crippen LogP contribution in [0, 0.1) is 0 Å². The highest BCUT2D eigenvalue weighted by Crippen LogP contribution is 2.20. The average molecular weight is 353 g/mol. The Morgan fingerprint density at radius 1 is 1.16 bits per heavy atom. The van der Waals surface area contributed by atoms with Crippen molar-refractivity contribution in [2.45, 2.75) is 13.3 Å². The van der Waals surface area contributed by atoms with Gasteiger partial charge in [0.25, 0.3) is 5.91 Å². The van der Waals surface area contributed by atoms with E-state index in [9.17, 15) is 9.59 Å². The van der Waals surface area contributed by atoms with E-state index in [1.807, 2.05) is 49.4 Å². The van der Waals surface area contributed by atoms with E-state index in [-0.39, 0.29) is 18.4 Å². The molecule has 0 spiro atoms. The normalized spacial score (nSPS) is 10.6. The van der Waals surface area contributed by atoms with Crippen LogP contribution in [0.1, 0.15) is 23.7 Å². The summed E-state index contributed by atoms with van der Waals surface area (Å²) in [6, 6.07) is 13.4. The van der Waals surface area contributed by atoms with Gasteiger partial charge in [0.2, 0.25) is 5.91 Å². The van der Waals surface area contributed by atoms with Gasteiger partial charge in [0.05, 0.1) is 0 Å². The molecule has 128 valence electrons. The quantitative estimate of drug-likeness (QED) is 0.733. The molecule has 0 atom stereocenters. The number of hydrogen-bond donors (Lipinski definition) is 1. The highest BCUT2D eigenvalue weighted by molar-refractivity contribution is 7.13. The number of fused-ring (bicyclic) bond motifs is 1. The summed E-state index contributed by atoms with van der Waals surface area (Å²) in [5, 5.41) is 6.97. The maximum atomic E-state index is 13.0. The average Bonchev–Trinajstić information content (AvgIpc) is 3.13. The Morgan fingerprint density at radius 3 is 2.72 bits per heavy atom. The van der Waals surface area contributed by atoms with Crippen LogP contribution >= 0.6 is 11.3 Å². The van der Waals surface area contributed by atoms with Crippen molar-refractivity contribution in [2.24, 2.45) is 0 Å². The SMILES string of the molecule is CCCN(CC(=O)Nc1nccs1)C(=O)c1cccc2ccccc12. The Hall–Kier alpha value is -2.73. The van der Waals surface area contributed by atoms with E-state index in [2.05, 4.69) is 10.3 Å². The molecular weight excluding hydrogens is 334 g/mol. The van der Waals surface area contributed by atoms with Gasteiger partial charge in [-0.3, -0.25) is 9.59 Å². The lowest BCUT2D eigenvalue weighted by atomic mass is 10.0. The van der Waals surface area contributed by atoms with Crippen LogP contribution < -0.4 is 5.32 Å². The molecule has 0 aliphatic heterocycles. The van der Waals surface area contributed by atoms with Crippen molar-refractivity contribution in [1.82, 2.24) is 9.88 Å². The first-order chi connectivity index (χ1) is 12.2. The van der Waals surface area contributed by atoms with Gasteiger partial charge in [-0.05, 0) is 23.3 Å². The summed E-state index contributed by atoms with van der Waals surface area (Å²) in [4.78, 5) is 30.9. The largest absolute Gasteiger partial charge is 0.329 e. The van der Waals surface area contributed by atoms with Crippen LogP contribution in [0.5, 0.6) is 0 Å². The summed E-state index contributed by atoms with van der Waals surface area (Å²) in [5.74, 6) is -0.370. The van der Waals surface area contributed by atoms with Gasteiger partial charge in [-0.15, -0.1) is 11.3 Å². The Balaban J connectivity index is 1.81. The smallest absolute Gasteiger partial charge is 0.254 e. The second kappa shape index (κ2) is 7.90. The summed E-state index contributed by atoms with van der Waals surface area (Å²) in [7, 11) is 0. The van der Waals surface area contributed by atoms with Gasteiger partial charge in [-0.2, -0.15) is 0 Å². The molecule has 2 aromatic carbocycles. The molecule has 1 N–H and O–H groups in total. The van der Waals surface area contributed by atoms with Crippen LogP contribution in [-0.2, 0) is 4.79 Å². The molecule has 0 aliphatic carbocycles. The minimum Gasteiger partial charge on any atom is -0.329 e. The maximum absolute atomic E-state index is 13.0. The van der Waals surface area contributed by atoms with Crippen molar-refractivity contribution < 1.29 is 9.59 Å². The van der Waals surface area contributed by atoms with E-state index < -0.39 is 0 Å². The second-order valence-corrected chi connectivity index (χ2v) is 6.53. The van der Waals surface area contributed by atoms with E-state index in [0.29, 0.717) is 17.2 Å². The Bertz CT molecular complexity index is 872. The van der Waals surface area contributed by atoms with Crippen LogP contribution in [-0.4, -0.2) is 34.8 Å². The molecule has 0 unspecified atom stereocenters. The molecule has 0 saturated heterocycles. The predicted octanol–water partition coefficient (Wildman–Crippen LogP) is 3.79. The molecule has 0 radical (unpaired) electrons. The molecule has 6 heteroatoms. The minimum absolute atomic E-state index is 0.00940. The maximum Gasteiger partial charge on any atom is 0.254 e. The highest BCUT2D eigenvalue weighted by atomic mass is 32.1. The van der Waals surface area contributed by atoms with Crippen molar-refractivity contribution >= 4 is 39.1 Å². The number of anilines is 1. The first-order valence-corrected chi connectivity index (χ1v) is 9.03. The fourth-order valence-corrected chi connectivity index (χ4v) is 3.27. The Kier molecular flexibility index (Phi) is 5.40. The van der Waals surface area contributed by atoms with Gasteiger partial charge in [-0.25, -0.2) is 4.98 Å². The number of nitrogens with one attached hydrogen (secondary N) is 1. The lowest BCUT2D eigenvalue weighted by Gasteiger charge is -2.22. The number of rotatable bonds is 6. The number of carbonyl (C=O) groups excluding carboxylic acids is 2. The molecule has 5 nitrogen and oxygen atoms in total. The van der Waals surface area contributed by atoms with Crippen LogP contribution in [0.4, 0.5) is 5.13 Å². The Labute approximate surface area is 150 Å². The van der Waals surface area contributed by atoms with Crippen molar-refractivity contribution in [3.05, 3.63) is 59.6 Å². The van der Waals surface area contributed by atoms with Gasteiger partial charge in [0, 0.05) is 23.7 Å². The van der Waals surface area contributed by atoms with Gasteiger partial charge in [-0.1, -0.05) is 43.3 Å². The van der Waals surface area contributed by atoms with Gasteiger partial charge >= 0.3 is 0 Å².